The van der Waals surface area contributed by atoms with Crippen molar-refractivity contribution in [3.8, 4) is 11.8 Å². The highest BCUT2D eigenvalue weighted by atomic mass is 16.2. The average molecular weight is 271 g/mol. The Labute approximate surface area is 120 Å². The van der Waals surface area contributed by atoms with Crippen molar-refractivity contribution in [2.45, 2.75) is 38.6 Å². The molecule has 1 amide bonds. The quantitative estimate of drug-likeness (QED) is 0.825. The fraction of sp³-hybridized carbons (Fsp3) is 0.471. The molecule has 0 radical (unpaired) electrons. The first kappa shape index (κ1) is 14.6. The average Bonchev–Trinajstić information content (AvgIpc) is 2.96. The summed E-state index contributed by atoms with van der Waals surface area (Å²) in [7, 11) is 0. The second-order valence-electron chi connectivity index (χ2n) is 5.25. The van der Waals surface area contributed by atoms with Crippen LogP contribution in [0.1, 0.15) is 43.2 Å². The highest BCUT2D eigenvalue weighted by Gasteiger charge is 2.18. The molecular weight excluding hydrogens is 250 g/mol. The Bertz CT molecular complexity index is 507. The van der Waals surface area contributed by atoms with Gasteiger partial charge in [0, 0.05) is 18.5 Å². The van der Waals surface area contributed by atoms with Crippen molar-refractivity contribution in [3.63, 3.8) is 0 Å². The maximum absolute atomic E-state index is 11.9. The number of amides is 1. The molecule has 2 N–H and O–H groups in total. The Kier molecular flexibility index (Phi) is 5.64. The number of carbonyl (C=O) groups is 1. The molecule has 0 spiro atoms. The van der Waals surface area contributed by atoms with Crippen LogP contribution in [0.2, 0.25) is 0 Å². The monoisotopic (exact) mass is 271 g/mol. The molecule has 0 aliphatic heterocycles. The summed E-state index contributed by atoms with van der Waals surface area (Å²) < 4.78 is 0. The maximum atomic E-state index is 11.9. The van der Waals surface area contributed by atoms with Gasteiger partial charge < -0.3 is 10.4 Å². The van der Waals surface area contributed by atoms with E-state index in [1.54, 1.807) is 0 Å². The van der Waals surface area contributed by atoms with Crippen LogP contribution in [0.15, 0.2) is 24.3 Å². The fourth-order valence-electron chi connectivity index (χ4n) is 2.67. The fourth-order valence-corrected chi connectivity index (χ4v) is 2.67. The standard InChI is InChI=1S/C17H21NO2/c19-11-5-10-15-8-3-4-9-16(15)13-18-17(20)12-14-6-1-2-7-14/h3-4,8-9,14,19H,1-2,6-7,11-13H2,(H,18,20). The molecule has 1 aromatic carbocycles. The lowest BCUT2D eigenvalue weighted by Gasteiger charge is -2.10. The summed E-state index contributed by atoms with van der Waals surface area (Å²) in [5, 5.41) is 11.7. The van der Waals surface area contributed by atoms with Crippen LogP contribution in [0.25, 0.3) is 0 Å². The topological polar surface area (TPSA) is 49.3 Å². The van der Waals surface area contributed by atoms with Gasteiger partial charge in [-0.25, -0.2) is 0 Å². The first-order valence-electron chi connectivity index (χ1n) is 7.24. The van der Waals surface area contributed by atoms with Crippen molar-refractivity contribution in [2.75, 3.05) is 6.61 Å². The zero-order valence-electron chi connectivity index (χ0n) is 11.7. The van der Waals surface area contributed by atoms with Crippen LogP contribution in [0, 0.1) is 17.8 Å². The summed E-state index contributed by atoms with van der Waals surface area (Å²) in [5.74, 6) is 6.25. The Morgan fingerprint density at radius 2 is 2.05 bits per heavy atom. The van der Waals surface area contributed by atoms with Crippen LogP contribution < -0.4 is 5.32 Å². The minimum Gasteiger partial charge on any atom is -0.384 e. The van der Waals surface area contributed by atoms with Crippen LogP contribution in [-0.2, 0) is 11.3 Å². The molecule has 0 aromatic heterocycles. The summed E-state index contributed by atoms with van der Waals surface area (Å²) in [6.45, 7) is 0.351. The maximum Gasteiger partial charge on any atom is 0.220 e. The van der Waals surface area contributed by atoms with Crippen molar-refractivity contribution in [1.29, 1.82) is 0 Å². The Hall–Kier alpha value is -1.79. The molecular formula is C17H21NO2. The largest absolute Gasteiger partial charge is 0.384 e. The number of aliphatic hydroxyl groups excluding tert-OH is 1. The minimum absolute atomic E-state index is 0.127. The zero-order valence-corrected chi connectivity index (χ0v) is 11.7. The molecule has 1 aliphatic carbocycles. The van der Waals surface area contributed by atoms with Crippen molar-refractivity contribution in [3.05, 3.63) is 35.4 Å². The predicted molar refractivity (Wildman–Crippen MR) is 78.8 cm³/mol. The summed E-state index contributed by atoms with van der Waals surface area (Å²) in [5.41, 5.74) is 1.86. The SMILES string of the molecule is O=C(CC1CCCC1)NCc1ccccc1C#CCO. The number of carbonyl (C=O) groups excluding carboxylic acids is 1. The summed E-state index contributed by atoms with van der Waals surface area (Å²) >= 11 is 0. The molecule has 1 aromatic rings. The van der Waals surface area contributed by atoms with Crippen LogP contribution in [0.3, 0.4) is 0 Å². The molecule has 0 heterocycles. The van der Waals surface area contributed by atoms with Crippen LogP contribution in [0.4, 0.5) is 0 Å². The van der Waals surface area contributed by atoms with Crippen molar-refractivity contribution < 1.29 is 9.90 Å². The van der Waals surface area contributed by atoms with E-state index >= 15 is 0 Å². The molecule has 1 aliphatic rings. The number of aliphatic hydroxyl groups is 1. The lowest BCUT2D eigenvalue weighted by molar-refractivity contribution is -0.122. The zero-order chi connectivity index (χ0) is 14.2. The first-order valence-corrected chi connectivity index (χ1v) is 7.24. The molecule has 0 bridgehead atoms. The number of benzene rings is 1. The van der Waals surface area contributed by atoms with Gasteiger partial charge in [0.05, 0.1) is 0 Å². The van der Waals surface area contributed by atoms with E-state index in [9.17, 15) is 4.79 Å². The van der Waals surface area contributed by atoms with E-state index in [1.165, 1.54) is 25.7 Å². The van der Waals surface area contributed by atoms with E-state index in [0.717, 1.165) is 11.1 Å². The normalized spacial score (nSPS) is 14.7. The van der Waals surface area contributed by atoms with Gasteiger partial charge in [-0.2, -0.15) is 0 Å². The molecule has 1 saturated carbocycles. The molecule has 106 valence electrons. The van der Waals surface area contributed by atoms with Gasteiger partial charge in [-0.05, 0) is 30.4 Å². The number of rotatable bonds is 4. The third kappa shape index (κ3) is 4.40. The van der Waals surface area contributed by atoms with E-state index in [4.69, 9.17) is 5.11 Å². The van der Waals surface area contributed by atoms with Gasteiger partial charge in [0.1, 0.15) is 6.61 Å². The van der Waals surface area contributed by atoms with E-state index < -0.39 is 0 Å². The molecule has 3 heteroatoms. The van der Waals surface area contributed by atoms with E-state index in [-0.39, 0.29) is 12.5 Å². The lowest BCUT2D eigenvalue weighted by atomic mass is 10.0. The molecule has 0 saturated heterocycles. The van der Waals surface area contributed by atoms with E-state index in [2.05, 4.69) is 17.2 Å². The van der Waals surface area contributed by atoms with Gasteiger partial charge in [-0.15, -0.1) is 0 Å². The highest BCUT2D eigenvalue weighted by molar-refractivity contribution is 5.76. The molecule has 0 atom stereocenters. The van der Waals surface area contributed by atoms with Gasteiger partial charge in [0.25, 0.3) is 0 Å². The van der Waals surface area contributed by atoms with Gasteiger partial charge in [0.15, 0.2) is 0 Å². The van der Waals surface area contributed by atoms with E-state index in [0.29, 0.717) is 18.9 Å². The van der Waals surface area contributed by atoms with Crippen LogP contribution >= 0.6 is 0 Å². The van der Waals surface area contributed by atoms with Crippen molar-refractivity contribution in [2.24, 2.45) is 5.92 Å². The second kappa shape index (κ2) is 7.72. The van der Waals surface area contributed by atoms with Gasteiger partial charge in [0.2, 0.25) is 5.91 Å². The van der Waals surface area contributed by atoms with Gasteiger partial charge >= 0.3 is 0 Å². The molecule has 20 heavy (non-hydrogen) atoms. The molecule has 1 fully saturated rings. The van der Waals surface area contributed by atoms with Crippen LogP contribution in [-0.4, -0.2) is 17.6 Å². The number of nitrogens with one attached hydrogen (secondary N) is 1. The molecule has 0 unspecified atom stereocenters. The molecule has 2 rings (SSSR count). The van der Waals surface area contributed by atoms with Crippen LogP contribution in [0.5, 0.6) is 0 Å². The first-order chi connectivity index (χ1) is 9.79. The third-order valence-electron chi connectivity index (χ3n) is 3.74. The van der Waals surface area contributed by atoms with Gasteiger partial charge in [-0.3, -0.25) is 4.79 Å². The predicted octanol–water partition coefficient (Wildman–Crippen LogP) is 2.23. The van der Waals surface area contributed by atoms with E-state index in [1.807, 2.05) is 24.3 Å². The Balaban J connectivity index is 1.88. The third-order valence-corrected chi connectivity index (χ3v) is 3.74. The smallest absolute Gasteiger partial charge is 0.220 e. The summed E-state index contributed by atoms with van der Waals surface area (Å²) in [4.78, 5) is 11.9. The van der Waals surface area contributed by atoms with Crippen molar-refractivity contribution >= 4 is 5.91 Å². The minimum atomic E-state index is -0.150. The van der Waals surface area contributed by atoms with Crippen molar-refractivity contribution in [1.82, 2.24) is 5.32 Å². The molecule has 3 nitrogen and oxygen atoms in total. The number of hydrogen-bond acceptors (Lipinski definition) is 2. The summed E-state index contributed by atoms with van der Waals surface area (Å²) in [6.07, 6.45) is 5.54. The highest BCUT2D eigenvalue weighted by Crippen LogP contribution is 2.27. The summed E-state index contributed by atoms with van der Waals surface area (Å²) in [6, 6.07) is 7.70. The lowest BCUT2D eigenvalue weighted by Crippen LogP contribution is -2.24. The second-order valence-corrected chi connectivity index (χ2v) is 5.25. The number of hydrogen-bond donors (Lipinski definition) is 2. The Morgan fingerprint density at radius 3 is 2.80 bits per heavy atom. The Morgan fingerprint density at radius 1 is 1.30 bits per heavy atom. The van der Waals surface area contributed by atoms with Gasteiger partial charge in [-0.1, -0.05) is 42.9 Å².